The van der Waals surface area contributed by atoms with Gasteiger partial charge in [0.15, 0.2) is 0 Å². The van der Waals surface area contributed by atoms with E-state index in [0.29, 0.717) is 5.92 Å². The summed E-state index contributed by atoms with van der Waals surface area (Å²) in [4.78, 5) is 12.2. The average molecular weight is 273 g/mol. The van der Waals surface area contributed by atoms with Crippen molar-refractivity contribution < 1.29 is 4.79 Å². The van der Waals surface area contributed by atoms with E-state index in [9.17, 15) is 4.79 Å². The summed E-state index contributed by atoms with van der Waals surface area (Å²) in [6.07, 6.45) is 0.997. The molecule has 0 aliphatic carbocycles. The van der Waals surface area contributed by atoms with Gasteiger partial charge in [0.25, 0.3) is 0 Å². The zero-order chi connectivity index (χ0) is 14.7. The molecule has 0 radical (unpaired) electrons. The molecule has 0 saturated carbocycles. The molecule has 1 amide bonds. The standard InChI is InChI=1S/C16H23N3O/c1-11(2)9-10-17-16(20)13(4)19-15-8-6-5-7-14(15)12(3)18-19/h5-8,11,13H,9-10H2,1-4H3,(H,17,20)/t13-/m1/s1. The number of benzene rings is 1. The van der Waals surface area contributed by atoms with Crippen LogP contribution >= 0.6 is 0 Å². The maximum absolute atomic E-state index is 12.2. The van der Waals surface area contributed by atoms with Gasteiger partial charge < -0.3 is 5.32 Å². The number of nitrogens with zero attached hydrogens (tertiary/aromatic N) is 2. The van der Waals surface area contributed by atoms with Crippen LogP contribution in [0.5, 0.6) is 0 Å². The lowest BCUT2D eigenvalue weighted by Gasteiger charge is -2.14. The lowest BCUT2D eigenvalue weighted by atomic mass is 10.1. The van der Waals surface area contributed by atoms with Crippen LogP contribution in [0, 0.1) is 12.8 Å². The monoisotopic (exact) mass is 273 g/mol. The van der Waals surface area contributed by atoms with Gasteiger partial charge in [-0.15, -0.1) is 0 Å². The molecule has 108 valence electrons. The highest BCUT2D eigenvalue weighted by atomic mass is 16.2. The molecular weight excluding hydrogens is 250 g/mol. The van der Waals surface area contributed by atoms with Gasteiger partial charge in [-0.2, -0.15) is 5.10 Å². The van der Waals surface area contributed by atoms with Crippen LogP contribution in [0.15, 0.2) is 24.3 Å². The van der Waals surface area contributed by atoms with Crippen LogP contribution in [0.25, 0.3) is 10.9 Å². The van der Waals surface area contributed by atoms with Crippen molar-refractivity contribution in [2.24, 2.45) is 5.92 Å². The minimum absolute atomic E-state index is 0.0268. The van der Waals surface area contributed by atoms with Gasteiger partial charge in [0, 0.05) is 11.9 Å². The quantitative estimate of drug-likeness (QED) is 0.910. The summed E-state index contributed by atoms with van der Waals surface area (Å²) in [6.45, 7) is 8.89. The third kappa shape index (κ3) is 3.00. The van der Waals surface area contributed by atoms with Crippen LogP contribution < -0.4 is 5.32 Å². The predicted molar refractivity (Wildman–Crippen MR) is 81.6 cm³/mol. The van der Waals surface area contributed by atoms with Crippen molar-refractivity contribution in [3.63, 3.8) is 0 Å². The fourth-order valence-corrected chi connectivity index (χ4v) is 2.29. The largest absolute Gasteiger partial charge is 0.354 e. The molecule has 0 aliphatic rings. The summed E-state index contributed by atoms with van der Waals surface area (Å²) >= 11 is 0. The van der Waals surface area contributed by atoms with Crippen LogP contribution in [0.3, 0.4) is 0 Å². The first kappa shape index (κ1) is 14.6. The number of amides is 1. The molecule has 2 rings (SSSR count). The van der Waals surface area contributed by atoms with Crippen LogP contribution in [-0.2, 0) is 4.79 Å². The fraction of sp³-hybridized carbons (Fsp3) is 0.500. The zero-order valence-corrected chi connectivity index (χ0v) is 12.7. The highest BCUT2D eigenvalue weighted by Gasteiger charge is 2.18. The highest BCUT2D eigenvalue weighted by molar-refractivity contribution is 5.86. The minimum atomic E-state index is -0.291. The van der Waals surface area contributed by atoms with Crippen molar-refractivity contribution in [3.05, 3.63) is 30.0 Å². The summed E-state index contributed by atoms with van der Waals surface area (Å²) in [5.41, 5.74) is 1.97. The van der Waals surface area contributed by atoms with Crippen LogP contribution in [0.4, 0.5) is 0 Å². The summed E-state index contributed by atoms with van der Waals surface area (Å²) in [6, 6.07) is 7.73. The van der Waals surface area contributed by atoms with Crippen LogP contribution in [0.2, 0.25) is 0 Å². The van der Waals surface area contributed by atoms with Gasteiger partial charge in [0.1, 0.15) is 6.04 Å². The first-order valence-electron chi connectivity index (χ1n) is 7.22. The SMILES string of the molecule is Cc1nn([C@H](C)C(=O)NCCC(C)C)c2ccccc12. The number of rotatable bonds is 5. The fourth-order valence-electron chi connectivity index (χ4n) is 2.29. The van der Waals surface area contributed by atoms with E-state index in [0.717, 1.165) is 29.6 Å². The number of nitrogens with one attached hydrogen (secondary N) is 1. The van der Waals surface area contributed by atoms with Crippen molar-refractivity contribution in [2.45, 2.75) is 40.2 Å². The first-order chi connectivity index (χ1) is 9.50. The van der Waals surface area contributed by atoms with Gasteiger partial charge in [0.2, 0.25) is 5.91 Å². The summed E-state index contributed by atoms with van der Waals surface area (Å²) in [7, 11) is 0. The van der Waals surface area contributed by atoms with Crippen molar-refractivity contribution >= 4 is 16.8 Å². The maximum Gasteiger partial charge on any atom is 0.244 e. The number of aromatic nitrogens is 2. The van der Waals surface area contributed by atoms with E-state index in [1.807, 2.05) is 42.8 Å². The maximum atomic E-state index is 12.2. The van der Waals surface area contributed by atoms with E-state index in [2.05, 4.69) is 24.3 Å². The smallest absolute Gasteiger partial charge is 0.244 e. The topological polar surface area (TPSA) is 46.9 Å². The lowest BCUT2D eigenvalue weighted by molar-refractivity contribution is -0.124. The number of carbonyl (C=O) groups is 1. The first-order valence-corrected chi connectivity index (χ1v) is 7.22. The Morgan fingerprint density at radius 3 is 2.70 bits per heavy atom. The Morgan fingerprint density at radius 2 is 2.00 bits per heavy atom. The van der Waals surface area contributed by atoms with E-state index < -0.39 is 0 Å². The Hall–Kier alpha value is -1.84. The second-order valence-corrected chi connectivity index (χ2v) is 5.70. The van der Waals surface area contributed by atoms with Gasteiger partial charge in [-0.25, -0.2) is 0 Å². The van der Waals surface area contributed by atoms with E-state index in [1.54, 1.807) is 0 Å². The number of hydrogen-bond donors (Lipinski definition) is 1. The minimum Gasteiger partial charge on any atom is -0.354 e. The molecule has 0 aliphatic heterocycles. The number of hydrogen-bond acceptors (Lipinski definition) is 2. The van der Waals surface area contributed by atoms with Gasteiger partial charge in [0.05, 0.1) is 11.2 Å². The summed E-state index contributed by atoms with van der Waals surface area (Å²) in [5.74, 6) is 0.622. The average Bonchev–Trinajstić information content (AvgIpc) is 2.75. The van der Waals surface area contributed by atoms with Gasteiger partial charge in [-0.1, -0.05) is 32.0 Å². The number of para-hydroxylation sites is 1. The Kier molecular flexibility index (Phi) is 4.42. The second kappa shape index (κ2) is 6.07. The Bertz CT molecular complexity index is 601. The van der Waals surface area contributed by atoms with Crippen LogP contribution in [-0.4, -0.2) is 22.2 Å². The molecule has 1 aromatic heterocycles. The molecule has 0 unspecified atom stereocenters. The van der Waals surface area contributed by atoms with Crippen molar-refractivity contribution in [2.75, 3.05) is 6.54 Å². The van der Waals surface area contributed by atoms with Crippen molar-refractivity contribution in [3.8, 4) is 0 Å². The predicted octanol–water partition coefficient (Wildman–Crippen LogP) is 3.07. The van der Waals surface area contributed by atoms with Gasteiger partial charge >= 0.3 is 0 Å². The zero-order valence-electron chi connectivity index (χ0n) is 12.7. The molecule has 2 aromatic rings. The molecule has 0 saturated heterocycles. The Morgan fingerprint density at radius 1 is 1.30 bits per heavy atom. The van der Waals surface area contributed by atoms with E-state index in [4.69, 9.17) is 0 Å². The second-order valence-electron chi connectivity index (χ2n) is 5.70. The molecule has 0 spiro atoms. The third-order valence-corrected chi connectivity index (χ3v) is 3.57. The number of carbonyl (C=O) groups excluding carboxylic acids is 1. The van der Waals surface area contributed by atoms with Crippen LogP contribution in [0.1, 0.15) is 38.9 Å². The lowest BCUT2D eigenvalue weighted by Crippen LogP contribution is -2.32. The van der Waals surface area contributed by atoms with Crippen molar-refractivity contribution in [1.29, 1.82) is 0 Å². The molecule has 1 heterocycles. The van der Waals surface area contributed by atoms with Gasteiger partial charge in [-0.3, -0.25) is 9.48 Å². The molecular formula is C16H23N3O. The van der Waals surface area contributed by atoms with E-state index in [-0.39, 0.29) is 11.9 Å². The normalized spacial score (nSPS) is 12.8. The molecule has 20 heavy (non-hydrogen) atoms. The van der Waals surface area contributed by atoms with Gasteiger partial charge in [-0.05, 0) is 32.3 Å². The van der Waals surface area contributed by atoms with E-state index >= 15 is 0 Å². The molecule has 1 atom stereocenters. The molecule has 4 heteroatoms. The third-order valence-electron chi connectivity index (χ3n) is 3.57. The number of fused-ring (bicyclic) bond motifs is 1. The van der Waals surface area contributed by atoms with Crippen molar-refractivity contribution in [1.82, 2.24) is 15.1 Å². The van der Waals surface area contributed by atoms with E-state index in [1.165, 1.54) is 0 Å². The summed E-state index contributed by atoms with van der Waals surface area (Å²) < 4.78 is 1.81. The molecule has 1 N–H and O–H groups in total. The molecule has 0 fully saturated rings. The summed E-state index contributed by atoms with van der Waals surface area (Å²) in [5, 5.41) is 8.60. The Labute approximate surface area is 120 Å². The molecule has 0 bridgehead atoms. The molecule has 4 nitrogen and oxygen atoms in total. The molecule has 1 aromatic carbocycles. The Balaban J connectivity index is 2.15. The number of aryl methyl sites for hydroxylation is 1. The highest BCUT2D eigenvalue weighted by Crippen LogP contribution is 2.21.